The molecular formula is C11H8ClNO2. The molecule has 4 heteroatoms. The Balaban J connectivity index is 2.90. The summed E-state index contributed by atoms with van der Waals surface area (Å²) >= 11 is 5.73. The molecule has 76 valence electrons. The van der Waals surface area contributed by atoms with Crippen molar-refractivity contribution in [1.82, 2.24) is 0 Å². The lowest BCUT2D eigenvalue weighted by Crippen LogP contribution is -2.29. The number of hydrogen-bond donors (Lipinski definition) is 0. The maximum atomic E-state index is 11.6. The molecule has 0 amide bonds. The number of aryl methyl sites for hydroxylation is 1. The molecule has 0 aliphatic rings. The van der Waals surface area contributed by atoms with Crippen LogP contribution in [0.15, 0.2) is 24.3 Å². The maximum Gasteiger partial charge on any atom is 0.297 e. The maximum absolute atomic E-state index is 11.6. The minimum atomic E-state index is -0.0821. The number of carbonyl (C=O) groups excluding carboxylic acids is 1. The van der Waals surface area contributed by atoms with Gasteiger partial charge in [-0.1, -0.05) is 11.6 Å². The fraction of sp³-hybridized carbons (Fsp3) is 0.0909. The topological polar surface area (TPSA) is 44.0 Å². The van der Waals surface area contributed by atoms with Crippen LogP contribution in [0.4, 0.5) is 0 Å². The largest absolute Gasteiger partial charge is 0.617 e. The van der Waals surface area contributed by atoms with Gasteiger partial charge in [0.15, 0.2) is 6.29 Å². The van der Waals surface area contributed by atoms with Gasteiger partial charge in [0.1, 0.15) is 5.56 Å². The Kier molecular flexibility index (Phi) is 2.32. The SMILES string of the molecule is Cc1ccc2c(c1)cc(C=O)c(Cl)[n+]2[O-]. The van der Waals surface area contributed by atoms with E-state index in [1.807, 2.05) is 19.1 Å². The minimum absolute atomic E-state index is 0.0821. The number of nitrogens with zero attached hydrogens (tertiary/aromatic N) is 1. The highest BCUT2D eigenvalue weighted by molar-refractivity contribution is 6.31. The van der Waals surface area contributed by atoms with Crippen LogP contribution in [0.2, 0.25) is 5.15 Å². The number of pyridine rings is 1. The molecule has 0 N–H and O–H groups in total. The van der Waals surface area contributed by atoms with E-state index in [4.69, 9.17) is 11.6 Å². The van der Waals surface area contributed by atoms with Crippen LogP contribution in [0, 0.1) is 12.1 Å². The van der Waals surface area contributed by atoms with Crippen molar-refractivity contribution < 1.29 is 9.52 Å². The van der Waals surface area contributed by atoms with Gasteiger partial charge in [0, 0.05) is 11.5 Å². The third-order valence-corrected chi connectivity index (χ3v) is 2.63. The molecule has 0 aliphatic carbocycles. The van der Waals surface area contributed by atoms with Gasteiger partial charge in [0.05, 0.1) is 0 Å². The van der Waals surface area contributed by atoms with Gasteiger partial charge in [0.25, 0.3) is 5.15 Å². The van der Waals surface area contributed by atoms with E-state index in [1.54, 1.807) is 12.1 Å². The average molecular weight is 222 g/mol. The average Bonchev–Trinajstić information content (AvgIpc) is 2.23. The van der Waals surface area contributed by atoms with Crippen LogP contribution < -0.4 is 4.73 Å². The van der Waals surface area contributed by atoms with E-state index in [-0.39, 0.29) is 10.7 Å². The summed E-state index contributed by atoms with van der Waals surface area (Å²) in [6.45, 7) is 1.92. The van der Waals surface area contributed by atoms with Crippen molar-refractivity contribution in [2.24, 2.45) is 0 Å². The van der Waals surface area contributed by atoms with Crippen LogP contribution in [-0.4, -0.2) is 6.29 Å². The van der Waals surface area contributed by atoms with E-state index >= 15 is 0 Å². The van der Waals surface area contributed by atoms with E-state index in [2.05, 4.69) is 0 Å². The summed E-state index contributed by atoms with van der Waals surface area (Å²) in [5.41, 5.74) is 1.71. The van der Waals surface area contributed by atoms with Crippen LogP contribution >= 0.6 is 11.6 Å². The summed E-state index contributed by atoms with van der Waals surface area (Å²) in [6.07, 6.45) is 0.582. The van der Waals surface area contributed by atoms with Crippen LogP contribution in [-0.2, 0) is 0 Å². The molecule has 0 radical (unpaired) electrons. The molecule has 0 saturated heterocycles. The zero-order chi connectivity index (χ0) is 11.0. The first-order valence-electron chi connectivity index (χ1n) is 4.41. The number of rotatable bonds is 1. The molecule has 15 heavy (non-hydrogen) atoms. The van der Waals surface area contributed by atoms with Gasteiger partial charge in [-0.3, -0.25) is 4.79 Å². The van der Waals surface area contributed by atoms with Gasteiger partial charge in [-0.25, -0.2) is 0 Å². The first-order chi connectivity index (χ1) is 7.13. The third kappa shape index (κ3) is 1.55. The Morgan fingerprint density at radius 3 is 2.80 bits per heavy atom. The van der Waals surface area contributed by atoms with Gasteiger partial charge < -0.3 is 5.21 Å². The summed E-state index contributed by atoms with van der Waals surface area (Å²) < 4.78 is 0.570. The molecule has 0 bridgehead atoms. The predicted molar refractivity (Wildman–Crippen MR) is 58.0 cm³/mol. The molecule has 1 aromatic carbocycles. The second kappa shape index (κ2) is 3.51. The van der Waals surface area contributed by atoms with E-state index in [9.17, 15) is 10.0 Å². The Labute approximate surface area is 91.5 Å². The quantitative estimate of drug-likeness (QED) is 0.321. The smallest absolute Gasteiger partial charge is 0.297 e. The number of hydrogen-bond acceptors (Lipinski definition) is 2. The van der Waals surface area contributed by atoms with Crippen molar-refractivity contribution in [2.45, 2.75) is 6.92 Å². The fourth-order valence-corrected chi connectivity index (χ4v) is 1.70. The summed E-state index contributed by atoms with van der Waals surface area (Å²) in [6, 6.07) is 6.98. The molecule has 0 saturated carbocycles. The number of halogens is 1. The molecule has 0 atom stereocenters. The number of benzene rings is 1. The highest BCUT2D eigenvalue weighted by atomic mass is 35.5. The first-order valence-corrected chi connectivity index (χ1v) is 4.79. The summed E-state index contributed by atoms with van der Waals surface area (Å²) in [5, 5.41) is 12.3. The Morgan fingerprint density at radius 2 is 2.13 bits per heavy atom. The van der Waals surface area contributed by atoms with Gasteiger partial charge in [0.2, 0.25) is 5.52 Å². The second-order valence-electron chi connectivity index (χ2n) is 3.36. The van der Waals surface area contributed by atoms with Crippen molar-refractivity contribution >= 4 is 28.8 Å². The lowest BCUT2D eigenvalue weighted by atomic mass is 10.1. The molecule has 1 aromatic heterocycles. The highest BCUT2D eigenvalue weighted by Gasteiger charge is 2.14. The first kappa shape index (κ1) is 9.93. The lowest BCUT2D eigenvalue weighted by Gasteiger charge is -2.05. The fourth-order valence-electron chi connectivity index (χ4n) is 1.51. The van der Waals surface area contributed by atoms with Crippen molar-refractivity contribution in [3.8, 4) is 0 Å². The molecule has 0 unspecified atom stereocenters. The Morgan fingerprint density at radius 1 is 1.40 bits per heavy atom. The van der Waals surface area contributed by atoms with E-state index < -0.39 is 0 Å². The van der Waals surface area contributed by atoms with E-state index in [1.165, 1.54) is 0 Å². The number of fused-ring (bicyclic) bond motifs is 1. The molecule has 0 aliphatic heterocycles. The number of carbonyl (C=O) groups is 1. The minimum Gasteiger partial charge on any atom is -0.617 e. The zero-order valence-corrected chi connectivity index (χ0v) is 8.78. The normalized spacial score (nSPS) is 10.5. The molecule has 0 spiro atoms. The predicted octanol–water partition coefficient (Wildman–Crippen LogP) is 2.25. The van der Waals surface area contributed by atoms with Gasteiger partial charge in [-0.15, -0.1) is 0 Å². The van der Waals surface area contributed by atoms with Gasteiger partial charge in [-0.2, -0.15) is 4.73 Å². The van der Waals surface area contributed by atoms with E-state index in [0.717, 1.165) is 10.9 Å². The molecular weight excluding hydrogens is 214 g/mol. The van der Waals surface area contributed by atoms with Crippen molar-refractivity contribution in [3.05, 3.63) is 45.8 Å². The Bertz CT molecular complexity index is 552. The second-order valence-corrected chi connectivity index (χ2v) is 3.72. The summed E-state index contributed by atoms with van der Waals surface area (Å²) in [4.78, 5) is 10.7. The monoisotopic (exact) mass is 221 g/mol. The van der Waals surface area contributed by atoms with Crippen molar-refractivity contribution in [1.29, 1.82) is 0 Å². The number of aromatic nitrogens is 1. The Hall–Kier alpha value is -1.61. The van der Waals surface area contributed by atoms with Crippen LogP contribution in [0.1, 0.15) is 15.9 Å². The molecule has 2 rings (SSSR count). The third-order valence-electron chi connectivity index (χ3n) is 2.26. The van der Waals surface area contributed by atoms with Crippen molar-refractivity contribution in [2.75, 3.05) is 0 Å². The van der Waals surface area contributed by atoms with Crippen LogP contribution in [0.3, 0.4) is 0 Å². The van der Waals surface area contributed by atoms with Gasteiger partial charge in [-0.05, 0) is 30.7 Å². The summed E-state index contributed by atoms with van der Waals surface area (Å²) in [7, 11) is 0. The van der Waals surface area contributed by atoms with E-state index in [0.29, 0.717) is 16.5 Å². The van der Waals surface area contributed by atoms with Crippen molar-refractivity contribution in [3.63, 3.8) is 0 Å². The van der Waals surface area contributed by atoms with Crippen LogP contribution in [0.25, 0.3) is 10.9 Å². The summed E-state index contributed by atoms with van der Waals surface area (Å²) in [5.74, 6) is 0. The standard InChI is InChI=1S/C11H8ClNO2/c1-7-2-3-10-8(4-7)5-9(6-14)11(12)13(10)15/h2-6H,1H3. The molecule has 3 nitrogen and oxygen atoms in total. The zero-order valence-electron chi connectivity index (χ0n) is 8.03. The molecule has 0 fully saturated rings. The van der Waals surface area contributed by atoms with Gasteiger partial charge >= 0.3 is 0 Å². The lowest BCUT2D eigenvalue weighted by molar-refractivity contribution is -0.574. The molecule has 1 heterocycles. The highest BCUT2D eigenvalue weighted by Crippen LogP contribution is 2.18. The number of aldehydes is 1. The van der Waals surface area contributed by atoms with Crippen LogP contribution in [0.5, 0.6) is 0 Å². The molecule has 2 aromatic rings.